The van der Waals surface area contributed by atoms with E-state index in [1.807, 2.05) is 0 Å². The Morgan fingerprint density at radius 1 is 1.57 bits per heavy atom. The lowest BCUT2D eigenvalue weighted by Gasteiger charge is -1.79. The van der Waals surface area contributed by atoms with Gasteiger partial charge in [-0.15, -0.1) is 0 Å². The minimum absolute atomic E-state index is 0.737. The average molecular weight is 134 g/mol. The zero-order valence-electron chi connectivity index (χ0n) is 3.96. The van der Waals surface area contributed by atoms with Gasteiger partial charge in [0.05, 0.1) is 0 Å². The SMILES string of the molecule is PN=NPC1CC1. The molecule has 1 rings (SSSR count). The van der Waals surface area contributed by atoms with Crippen LogP contribution >= 0.6 is 18.1 Å². The lowest BCUT2D eigenvalue weighted by atomic mass is 11.0. The van der Waals surface area contributed by atoms with Crippen LogP contribution in [0.3, 0.4) is 0 Å². The molecule has 0 saturated heterocycles. The molecule has 0 aromatic heterocycles. The van der Waals surface area contributed by atoms with E-state index in [4.69, 9.17) is 0 Å². The van der Waals surface area contributed by atoms with Crippen LogP contribution in [0.15, 0.2) is 9.77 Å². The second-order valence-electron chi connectivity index (χ2n) is 1.62. The average Bonchev–Trinajstić information content (AvgIpc) is 2.42. The lowest BCUT2D eigenvalue weighted by Crippen LogP contribution is -1.55. The van der Waals surface area contributed by atoms with Crippen molar-refractivity contribution in [1.29, 1.82) is 0 Å². The van der Waals surface area contributed by atoms with E-state index in [1.54, 1.807) is 0 Å². The molecule has 0 N–H and O–H groups in total. The van der Waals surface area contributed by atoms with Crippen molar-refractivity contribution in [3.63, 3.8) is 0 Å². The van der Waals surface area contributed by atoms with Crippen molar-refractivity contribution < 1.29 is 0 Å². The molecule has 2 nitrogen and oxygen atoms in total. The van der Waals surface area contributed by atoms with Crippen molar-refractivity contribution >= 4 is 18.1 Å². The first-order chi connectivity index (χ1) is 3.43. The minimum Gasteiger partial charge on any atom is -0.174 e. The van der Waals surface area contributed by atoms with Crippen LogP contribution in [0, 0.1) is 0 Å². The third-order valence-corrected chi connectivity index (χ3v) is 2.40. The van der Waals surface area contributed by atoms with E-state index >= 15 is 0 Å². The van der Waals surface area contributed by atoms with Crippen LogP contribution in [0.5, 0.6) is 0 Å². The maximum atomic E-state index is 3.85. The van der Waals surface area contributed by atoms with Crippen LogP contribution in [-0.4, -0.2) is 5.66 Å². The highest BCUT2D eigenvalue weighted by Crippen LogP contribution is 2.40. The van der Waals surface area contributed by atoms with Gasteiger partial charge in [-0.1, -0.05) is 0 Å². The smallest absolute Gasteiger partial charge is 0.0291 e. The zero-order valence-corrected chi connectivity index (χ0v) is 6.12. The lowest BCUT2D eigenvalue weighted by molar-refractivity contribution is 1.43. The number of nitrogens with zero attached hydrogens (tertiary/aromatic N) is 2. The van der Waals surface area contributed by atoms with Gasteiger partial charge in [0.25, 0.3) is 0 Å². The van der Waals surface area contributed by atoms with Crippen molar-refractivity contribution in [3.05, 3.63) is 0 Å². The maximum absolute atomic E-state index is 3.85. The fourth-order valence-electron chi connectivity index (χ4n) is 0.327. The van der Waals surface area contributed by atoms with Crippen LogP contribution in [0.2, 0.25) is 0 Å². The predicted molar refractivity (Wildman–Crippen MR) is 35.9 cm³/mol. The van der Waals surface area contributed by atoms with Gasteiger partial charge in [-0.05, 0) is 18.5 Å². The van der Waals surface area contributed by atoms with E-state index in [0.29, 0.717) is 0 Å². The highest BCUT2D eigenvalue weighted by molar-refractivity contribution is 7.37. The minimum atomic E-state index is 0.737. The topological polar surface area (TPSA) is 24.7 Å². The maximum Gasteiger partial charge on any atom is 0.0291 e. The first-order valence-corrected chi connectivity index (χ1v) is 3.83. The van der Waals surface area contributed by atoms with E-state index < -0.39 is 0 Å². The summed E-state index contributed by atoms with van der Waals surface area (Å²) in [6, 6.07) is 0. The molecular formula is C3H8N2P2. The van der Waals surface area contributed by atoms with Crippen LogP contribution in [0.1, 0.15) is 12.8 Å². The summed E-state index contributed by atoms with van der Waals surface area (Å²) in [6.45, 7) is 0. The fourth-order valence-corrected chi connectivity index (χ4v) is 1.18. The second kappa shape index (κ2) is 2.69. The number of rotatable bonds is 2. The first kappa shape index (κ1) is 5.59. The van der Waals surface area contributed by atoms with Gasteiger partial charge in [0.2, 0.25) is 0 Å². The molecule has 0 radical (unpaired) electrons. The van der Waals surface area contributed by atoms with Gasteiger partial charge < -0.3 is 0 Å². The number of hydrogen-bond acceptors (Lipinski definition) is 2. The van der Waals surface area contributed by atoms with Crippen LogP contribution in [0.25, 0.3) is 0 Å². The highest BCUT2D eigenvalue weighted by Gasteiger charge is 2.20. The van der Waals surface area contributed by atoms with E-state index in [9.17, 15) is 0 Å². The van der Waals surface area contributed by atoms with Gasteiger partial charge in [0.1, 0.15) is 0 Å². The van der Waals surface area contributed by atoms with Crippen LogP contribution < -0.4 is 0 Å². The van der Waals surface area contributed by atoms with Gasteiger partial charge in [-0.2, -0.15) is 9.77 Å². The molecule has 7 heavy (non-hydrogen) atoms. The third-order valence-electron chi connectivity index (χ3n) is 0.875. The first-order valence-electron chi connectivity index (χ1n) is 2.29. The standard InChI is InChI=1S/C3H8N2P2/c6-4-5-7-3-1-2-3/h3,7H,1-2,6H2. The Bertz CT molecular complexity index is 79.0. The quantitative estimate of drug-likeness (QED) is 0.407. The molecule has 1 aliphatic carbocycles. The van der Waals surface area contributed by atoms with Crippen molar-refractivity contribution in [3.8, 4) is 0 Å². The van der Waals surface area contributed by atoms with Crippen molar-refractivity contribution in [1.82, 2.24) is 0 Å². The highest BCUT2D eigenvalue weighted by atomic mass is 31.1. The van der Waals surface area contributed by atoms with Crippen molar-refractivity contribution in [2.24, 2.45) is 9.77 Å². The molecular weight excluding hydrogens is 126 g/mol. The molecule has 0 aromatic rings. The number of hydrogen-bond donors (Lipinski definition) is 0. The van der Waals surface area contributed by atoms with Gasteiger partial charge in [-0.25, -0.2) is 0 Å². The van der Waals surface area contributed by atoms with Gasteiger partial charge in [-0.3, -0.25) is 0 Å². The molecule has 2 unspecified atom stereocenters. The summed E-state index contributed by atoms with van der Waals surface area (Å²) in [4.78, 5) is 7.42. The molecule has 0 aliphatic heterocycles. The Balaban J connectivity index is 1.98. The van der Waals surface area contributed by atoms with Gasteiger partial charge in [0, 0.05) is 18.1 Å². The molecule has 0 spiro atoms. The molecule has 0 amide bonds. The Kier molecular flexibility index (Phi) is 2.15. The van der Waals surface area contributed by atoms with Crippen molar-refractivity contribution in [2.75, 3.05) is 0 Å². The molecule has 1 fully saturated rings. The van der Waals surface area contributed by atoms with Crippen LogP contribution in [0.4, 0.5) is 0 Å². The Hall–Kier alpha value is 0.460. The summed E-state index contributed by atoms with van der Waals surface area (Å²) < 4.78 is 0. The summed E-state index contributed by atoms with van der Waals surface area (Å²) in [7, 11) is 2.98. The summed E-state index contributed by atoms with van der Waals surface area (Å²) in [5.41, 5.74) is 0.907. The molecule has 1 saturated carbocycles. The molecule has 40 valence electrons. The van der Waals surface area contributed by atoms with E-state index in [0.717, 1.165) is 14.4 Å². The summed E-state index contributed by atoms with van der Waals surface area (Å²) in [5.74, 6) is 0. The van der Waals surface area contributed by atoms with E-state index in [-0.39, 0.29) is 0 Å². The summed E-state index contributed by atoms with van der Waals surface area (Å²) >= 11 is 0. The Morgan fingerprint density at radius 3 is 2.71 bits per heavy atom. The zero-order chi connectivity index (χ0) is 5.11. The van der Waals surface area contributed by atoms with Gasteiger partial charge in [0.15, 0.2) is 0 Å². The molecule has 0 heterocycles. The van der Waals surface area contributed by atoms with Crippen LogP contribution in [-0.2, 0) is 0 Å². The molecule has 1 aliphatic rings. The molecule has 0 aromatic carbocycles. The van der Waals surface area contributed by atoms with E-state index in [2.05, 4.69) is 19.2 Å². The summed E-state index contributed by atoms with van der Waals surface area (Å²) in [5, 5.41) is 0. The molecule has 4 heteroatoms. The molecule has 2 atom stereocenters. The largest absolute Gasteiger partial charge is 0.174 e. The normalized spacial score (nSPS) is 23.0. The predicted octanol–water partition coefficient (Wildman–Crippen LogP) is 1.98. The fraction of sp³-hybridized carbons (Fsp3) is 1.00. The second-order valence-corrected chi connectivity index (χ2v) is 3.12. The monoisotopic (exact) mass is 134 g/mol. The van der Waals surface area contributed by atoms with Crippen molar-refractivity contribution in [2.45, 2.75) is 18.5 Å². The Labute approximate surface area is 47.3 Å². The Morgan fingerprint density at radius 2 is 2.29 bits per heavy atom. The van der Waals surface area contributed by atoms with E-state index in [1.165, 1.54) is 12.8 Å². The molecule has 0 bridgehead atoms. The van der Waals surface area contributed by atoms with Gasteiger partial charge >= 0.3 is 0 Å². The third kappa shape index (κ3) is 2.31. The summed E-state index contributed by atoms with van der Waals surface area (Å²) in [6.07, 6.45) is 2.75.